The van der Waals surface area contributed by atoms with E-state index in [4.69, 9.17) is 0 Å². The van der Waals surface area contributed by atoms with Crippen LogP contribution in [-0.2, 0) is 0 Å². The van der Waals surface area contributed by atoms with Gasteiger partial charge in [-0.15, -0.1) is 0 Å². The number of nitrogens with zero attached hydrogens (tertiary/aromatic N) is 4. The number of aromatic nitrogens is 3. The molecule has 0 bridgehead atoms. The molecule has 3 aromatic rings. The highest BCUT2D eigenvalue weighted by atomic mass is 16.3. The Balaban J connectivity index is 1.72. The van der Waals surface area contributed by atoms with Crippen molar-refractivity contribution in [1.82, 2.24) is 25.0 Å². The Morgan fingerprint density at radius 3 is 2.46 bits per heavy atom. The van der Waals surface area contributed by atoms with E-state index >= 15 is 0 Å². The number of carbonyl (C=O) groups excluding carboxylic acids is 1. The van der Waals surface area contributed by atoms with Crippen LogP contribution in [0.25, 0.3) is 22.3 Å². The molecule has 1 fully saturated rings. The van der Waals surface area contributed by atoms with Gasteiger partial charge in [0, 0.05) is 43.5 Å². The fourth-order valence-electron chi connectivity index (χ4n) is 3.74. The molecule has 7 nitrogen and oxygen atoms in total. The predicted molar refractivity (Wildman–Crippen MR) is 108 cm³/mol. The molecule has 1 aliphatic rings. The maximum Gasteiger partial charge on any atom is 0.254 e. The molecule has 1 aliphatic heterocycles. The van der Waals surface area contributed by atoms with Gasteiger partial charge in [-0.2, -0.15) is 5.10 Å². The van der Waals surface area contributed by atoms with Crippen LogP contribution >= 0.6 is 0 Å². The Labute approximate surface area is 164 Å². The van der Waals surface area contributed by atoms with Crippen LogP contribution in [0.3, 0.4) is 0 Å². The molecule has 3 heterocycles. The first-order valence-corrected chi connectivity index (χ1v) is 9.62. The number of aromatic hydroxyl groups is 1. The number of phenolic OH excluding ortho intramolecular Hbond substituents is 1. The molecule has 2 aromatic heterocycles. The Morgan fingerprint density at radius 2 is 1.82 bits per heavy atom. The van der Waals surface area contributed by atoms with Crippen molar-refractivity contribution in [2.24, 2.45) is 0 Å². The van der Waals surface area contributed by atoms with Gasteiger partial charge in [0.1, 0.15) is 5.75 Å². The number of benzene rings is 1. The van der Waals surface area contributed by atoms with E-state index in [1.165, 1.54) is 0 Å². The van der Waals surface area contributed by atoms with E-state index < -0.39 is 0 Å². The van der Waals surface area contributed by atoms with E-state index in [9.17, 15) is 9.90 Å². The van der Waals surface area contributed by atoms with Crippen molar-refractivity contribution in [3.05, 3.63) is 41.6 Å². The van der Waals surface area contributed by atoms with Gasteiger partial charge in [0.05, 0.1) is 16.6 Å². The van der Waals surface area contributed by atoms with Gasteiger partial charge in [0.2, 0.25) is 0 Å². The van der Waals surface area contributed by atoms with Gasteiger partial charge in [-0.25, -0.2) is 4.98 Å². The average molecular weight is 379 g/mol. The van der Waals surface area contributed by atoms with E-state index in [0.717, 1.165) is 29.7 Å². The number of amides is 1. The summed E-state index contributed by atoms with van der Waals surface area (Å²) < 4.78 is 0. The molecule has 0 unspecified atom stereocenters. The molecular formula is C21H25N5O2. The topological polar surface area (TPSA) is 85.3 Å². The lowest BCUT2D eigenvalue weighted by Crippen LogP contribution is -2.50. The van der Waals surface area contributed by atoms with Crippen molar-refractivity contribution in [2.75, 3.05) is 26.2 Å². The monoisotopic (exact) mass is 379 g/mol. The van der Waals surface area contributed by atoms with Crippen molar-refractivity contribution in [1.29, 1.82) is 0 Å². The number of carbonyl (C=O) groups is 1. The number of nitrogens with one attached hydrogen (secondary N) is 1. The van der Waals surface area contributed by atoms with Crippen LogP contribution in [0.2, 0.25) is 0 Å². The van der Waals surface area contributed by atoms with Crippen molar-refractivity contribution < 1.29 is 9.90 Å². The third kappa shape index (κ3) is 3.33. The summed E-state index contributed by atoms with van der Waals surface area (Å²) in [5.74, 6) is 0.208. The number of rotatable bonds is 3. The standard InChI is InChI=1S/C21H25N5O2/c1-13(2)25-8-10-26(11-9-25)21(28)17-12-18(15-4-6-16(27)7-5-15)22-20-19(17)14(3)23-24-20/h4-7,12-13,27H,8-11H2,1-3H3,(H,22,23,24). The second kappa shape index (κ2) is 7.24. The molecule has 7 heteroatoms. The second-order valence-electron chi connectivity index (χ2n) is 7.57. The quantitative estimate of drug-likeness (QED) is 0.731. The van der Waals surface area contributed by atoms with Gasteiger partial charge in [0.15, 0.2) is 5.65 Å². The van der Waals surface area contributed by atoms with Crippen LogP contribution in [0, 0.1) is 6.92 Å². The summed E-state index contributed by atoms with van der Waals surface area (Å²) in [6.45, 7) is 9.47. The molecule has 0 atom stereocenters. The smallest absolute Gasteiger partial charge is 0.254 e. The van der Waals surface area contributed by atoms with Crippen molar-refractivity contribution in [3.8, 4) is 17.0 Å². The molecule has 0 spiro atoms. The molecule has 0 aliphatic carbocycles. The maximum absolute atomic E-state index is 13.4. The molecule has 146 valence electrons. The number of phenols is 1. The number of H-pyrrole nitrogens is 1. The van der Waals surface area contributed by atoms with Crippen LogP contribution in [0.15, 0.2) is 30.3 Å². The van der Waals surface area contributed by atoms with E-state index in [2.05, 4.69) is 33.9 Å². The molecule has 1 aromatic carbocycles. The SMILES string of the molecule is Cc1[nH]nc2nc(-c3ccc(O)cc3)cc(C(=O)N3CCN(C(C)C)CC3)c12. The molecule has 1 amide bonds. The summed E-state index contributed by atoms with van der Waals surface area (Å²) in [4.78, 5) is 22.3. The molecule has 0 saturated carbocycles. The lowest BCUT2D eigenvalue weighted by molar-refractivity contribution is 0.0597. The van der Waals surface area contributed by atoms with Gasteiger partial charge in [-0.1, -0.05) is 0 Å². The highest BCUT2D eigenvalue weighted by molar-refractivity contribution is 6.07. The summed E-state index contributed by atoms with van der Waals surface area (Å²) in [6, 6.07) is 9.14. The van der Waals surface area contributed by atoms with Crippen LogP contribution < -0.4 is 0 Å². The summed E-state index contributed by atoms with van der Waals surface area (Å²) in [5.41, 5.74) is 3.50. The number of aryl methyl sites for hydroxylation is 1. The predicted octanol–water partition coefficient (Wildman–Crippen LogP) is 2.81. The van der Waals surface area contributed by atoms with Crippen LogP contribution in [0.5, 0.6) is 5.75 Å². The first-order chi connectivity index (χ1) is 13.4. The van der Waals surface area contributed by atoms with Gasteiger partial charge < -0.3 is 10.0 Å². The molecule has 0 radical (unpaired) electrons. The van der Waals surface area contributed by atoms with Crippen molar-refractivity contribution >= 4 is 16.9 Å². The molecular weight excluding hydrogens is 354 g/mol. The lowest BCUT2D eigenvalue weighted by Gasteiger charge is -2.37. The minimum atomic E-state index is 0.0142. The summed E-state index contributed by atoms with van der Waals surface area (Å²) in [6.07, 6.45) is 0. The molecule has 1 saturated heterocycles. The lowest BCUT2D eigenvalue weighted by atomic mass is 10.0. The third-order valence-electron chi connectivity index (χ3n) is 5.43. The number of piperazine rings is 1. The van der Waals surface area contributed by atoms with Crippen molar-refractivity contribution in [2.45, 2.75) is 26.8 Å². The molecule has 2 N–H and O–H groups in total. The van der Waals surface area contributed by atoms with Crippen molar-refractivity contribution in [3.63, 3.8) is 0 Å². The Bertz CT molecular complexity index is 1000. The number of hydrogen-bond donors (Lipinski definition) is 2. The van der Waals surface area contributed by atoms with E-state index in [1.807, 2.05) is 17.9 Å². The minimum absolute atomic E-state index is 0.0142. The van der Waals surface area contributed by atoms with E-state index in [1.54, 1.807) is 24.3 Å². The zero-order valence-corrected chi connectivity index (χ0v) is 16.4. The third-order valence-corrected chi connectivity index (χ3v) is 5.43. The fourth-order valence-corrected chi connectivity index (χ4v) is 3.74. The highest BCUT2D eigenvalue weighted by Crippen LogP contribution is 2.28. The zero-order valence-electron chi connectivity index (χ0n) is 16.4. The van der Waals surface area contributed by atoms with Crippen LogP contribution in [0.4, 0.5) is 0 Å². The van der Waals surface area contributed by atoms with Crippen LogP contribution in [0.1, 0.15) is 29.9 Å². The molecule has 28 heavy (non-hydrogen) atoms. The van der Waals surface area contributed by atoms with E-state index in [-0.39, 0.29) is 11.7 Å². The number of hydrogen-bond acceptors (Lipinski definition) is 5. The highest BCUT2D eigenvalue weighted by Gasteiger charge is 2.26. The molecule has 4 rings (SSSR count). The largest absolute Gasteiger partial charge is 0.508 e. The van der Waals surface area contributed by atoms with Gasteiger partial charge >= 0.3 is 0 Å². The Kier molecular flexibility index (Phi) is 4.77. The van der Waals surface area contributed by atoms with Gasteiger partial charge in [-0.05, 0) is 51.1 Å². The number of aromatic amines is 1. The maximum atomic E-state index is 13.4. The van der Waals surface area contributed by atoms with E-state index in [0.29, 0.717) is 36.0 Å². The number of pyridine rings is 1. The minimum Gasteiger partial charge on any atom is -0.508 e. The Hall–Kier alpha value is -2.93. The average Bonchev–Trinajstić information content (AvgIpc) is 3.08. The second-order valence-corrected chi connectivity index (χ2v) is 7.57. The van der Waals surface area contributed by atoms with Gasteiger partial charge in [0.25, 0.3) is 5.91 Å². The number of fused-ring (bicyclic) bond motifs is 1. The summed E-state index contributed by atoms with van der Waals surface area (Å²) in [5, 5.41) is 17.6. The van der Waals surface area contributed by atoms with Crippen LogP contribution in [-0.4, -0.2) is 68.2 Å². The first-order valence-electron chi connectivity index (χ1n) is 9.62. The fraction of sp³-hybridized carbons (Fsp3) is 0.381. The normalized spacial score (nSPS) is 15.5. The summed E-state index contributed by atoms with van der Waals surface area (Å²) >= 11 is 0. The first kappa shape index (κ1) is 18.4. The zero-order chi connectivity index (χ0) is 19.8. The van der Waals surface area contributed by atoms with Gasteiger partial charge in [-0.3, -0.25) is 14.8 Å². The Morgan fingerprint density at radius 1 is 1.14 bits per heavy atom. The summed E-state index contributed by atoms with van der Waals surface area (Å²) in [7, 11) is 0.